The second kappa shape index (κ2) is 4.64. The summed E-state index contributed by atoms with van der Waals surface area (Å²) in [5, 5.41) is 12.8. The molecule has 1 saturated heterocycles. The summed E-state index contributed by atoms with van der Waals surface area (Å²) in [5.41, 5.74) is 6.96. The Morgan fingerprint density at radius 3 is 3.17 bits per heavy atom. The molecule has 0 radical (unpaired) electrons. The maximum absolute atomic E-state index is 9.54. The van der Waals surface area contributed by atoms with E-state index in [0.29, 0.717) is 11.5 Å². The predicted molar refractivity (Wildman–Crippen MR) is 66.8 cm³/mol. The van der Waals surface area contributed by atoms with Crippen LogP contribution in [0, 0.1) is 0 Å². The van der Waals surface area contributed by atoms with Crippen molar-refractivity contribution in [1.29, 1.82) is 0 Å². The lowest BCUT2D eigenvalue weighted by Gasteiger charge is -2.37. The van der Waals surface area contributed by atoms with Crippen LogP contribution in [0.4, 0.5) is 5.69 Å². The molecule has 0 bridgehead atoms. The zero-order valence-electron chi connectivity index (χ0n) is 10.0. The van der Waals surface area contributed by atoms with Crippen molar-refractivity contribution in [1.82, 2.24) is 5.32 Å². The number of nitrogens with zero attached hydrogens (tertiary/aromatic N) is 1. The molecule has 2 aliphatic heterocycles. The van der Waals surface area contributed by atoms with Gasteiger partial charge in [0.2, 0.25) is 6.29 Å². The third-order valence-electron chi connectivity index (χ3n) is 3.19. The van der Waals surface area contributed by atoms with E-state index in [2.05, 4.69) is 10.2 Å². The summed E-state index contributed by atoms with van der Waals surface area (Å²) >= 11 is 0. The Labute approximate surface area is 105 Å². The third kappa shape index (κ3) is 1.98. The van der Waals surface area contributed by atoms with Crippen LogP contribution in [-0.2, 0) is 0 Å². The largest absolute Gasteiger partial charge is 0.483 e. The molecule has 6 nitrogen and oxygen atoms in total. The van der Waals surface area contributed by atoms with Crippen molar-refractivity contribution in [3.8, 4) is 11.5 Å². The number of anilines is 1. The Morgan fingerprint density at radius 2 is 2.33 bits per heavy atom. The van der Waals surface area contributed by atoms with Gasteiger partial charge in [-0.1, -0.05) is 6.07 Å². The number of para-hydroxylation sites is 1. The van der Waals surface area contributed by atoms with Crippen LogP contribution in [0.1, 0.15) is 0 Å². The van der Waals surface area contributed by atoms with Crippen molar-refractivity contribution < 1.29 is 14.6 Å². The number of benzene rings is 1. The molecular weight excluding hydrogens is 234 g/mol. The van der Waals surface area contributed by atoms with Crippen LogP contribution >= 0.6 is 0 Å². The molecule has 0 spiro atoms. The van der Waals surface area contributed by atoms with E-state index >= 15 is 0 Å². The van der Waals surface area contributed by atoms with Gasteiger partial charge in [0.25, 0.3) is 0 Å². The molecule has 18 heavy (non-hydrogen) atoms. The molecule has 2 unspecified atom stereocenters. The molecule has 1 aromatic carbocycles. The van der Waals surface area contributed by atoms with E-state index in [1.54, 1.807) is 0 Å². The van der Waals surface area contributed by atoms with Crippen molar-refractivity contribution in [2.45, 2.75) is 12.5 Å². The Bertz CT molecular complexity index is 441. The fraction of sp³-hybridized carbons (Fsp3) is 0.500. The SMILES string of the molecule is NC1CNCCN1c1cccc2c1OC(O)CO2. The molecule has 1 fully saturated rings. The van der Waals surface area contributed by atoms with Gasteiger partial charge >= 0.3 is 0 Å². The highest BCUT2D eigenvalue weighted by molar-refractivity contribution is 5.66. The number of aliphatic hydroxyl groups excluding tert-OH is 1. The van der Waals surface area contributed by atoms with Crippen molar-refractivity contribution in [2.75, 3.05) is 31.1 Å². The van der Waals surface area contributed by atoms with Crippen LogP contribution in [0.2, 0.25) is 0 Å². The molecule has 2 aliphatic rings. The lowest BCUT2D eigenvalue weighted by Crippen LogP contribution is -2.56. The topological polar surface area (TPSA) is 80.0 Å². The minimum atomic E-state index is -0.919. The maximum atomic E-state index is 9.54. The van der Waals surface area contributed by atoms with E-state index in [1.807, 2.05) is 18.2 Å². The van der Waals surface area contributed by atoms with Crippen molar-refractivity contribution in [3.05, 3.63) is 18.2 Å². The number of hydrogen-bond acceptors (Lipinski definition) is 6. The van der Waals surface area contributed by atoms with Crippen molar-refractivity contribution >= 4 is 5.69 Å². The fourth-order valence-corrected chi connectivity index (χ4v) is 2.32. The minimum absolute atomic E-state index is 0.104. The smallest absolute Gasteiger partial charge is 0.232 e. The summed E-state index contributed by atoms with van der Waals surface area (Å²) in [6.45, 7) is 2.56. The van der Waals surface area contributed by atoms with Gasteiger partial charge in [0.15, 0.2) is 18.1 Å². The maximum Gasteiger partial charge on any atom is 0.232 e. The van der Waals surface area contributed by atoms with Gasteiger partial charge in [0.05, 0.1) is 11.9 Å². The van der Waals surface area contributed by atoms with E-state index in [1.165, 1.54) is 0 Å². The molecule has 0 aromatic heterocycles. The average molecular weight is 251 g/mol. The second-order valence-electron chi connectivity index (χ2n) is 4.45. The first-order valence-corrected chi connectivity index (χ1v) is 6.09. The quantitative estimate of drug-likeness (QED) is 0.623. The zero-order valence-corrected chi connectivity index (χ0v) is 10.0. The molecule has 0 saturated carbocycles. The number of aliphatic hydroxyl groups is 1. The predicted octanol–water partition coefficient (Wildman–Crippen LogP) is -0.529. The van der Waals surface area contributed by atoms with Gasteiger partial charge in [-0.2, -0.15) is 0 Å². The van der Waals surface area contributed by atoms with Gasteiger partial charge in [0.1, 0.15) is 0 Å². The van der Waals surface area contributed by atoms with E-state index in [9.17, 15) is 5.11 Å². The molecule has 2 heterocycles. The van der Waals surface area contributed by atoms with Crippen LogP contribution in [0.25, 0.3) is 0 Å². The first kappa shape index (κ1) is 11.6. The third-order valence-corrected chi connectivity index (χ3v) is 3.19. The number of piperazine rings is 1. The van der Waals surface area contributed by atoms with Gasteiger partial charge in [-0.15, -0.1) is 0 Å². The minimum Gasteiger partial charge on any atom is -0.483 e. The summed E-state index contributed by atoms with van der Waals surface area (Å²) < 4.78 is 10.9. The molecule has 6 heteroatoms. The van der Waals surface area contributed by atoms with E-state index in [4.69, 9.17) is 15.2 Å². The number of nitrogens with two attached hydrogens (primary N) is 1. The van der Waals surface area contributed by atoms with E-state index < -0.39 is 6.29 Å². The fourth-order valence-electron chi connectivity index (χ4n) is 2.32. The van der Waals surface area contributed by atoms with Gasteiger partial charge in [-0.05, 0) is 12.1 Å². The van der Waals surface area contributed by atoms with Crippen LogP contribution in [0.5, 0.6) is 11.5 Å². The number of hydrogen-bond donors (Lipinski definition) is 3. The molecule has 2 atom stereocenters. The lowest BCUT2D eigenvalue weighted by molar-refractivity contribution is -0.0666. The Balaban J connectivity index is 1.96. The average Bonchev–Trinajstić information content (AvgIpc) is 2.39. The second-order valence-corrected chi connectivity index (χ2v) is 4.45. The van der Waals surface area contributed by atoms with Crippen LogP contribution < -0.4 is 25.4 Å². The highest BCUT2D eigenvalue weighted by atomic mass is 16.7. The monoisotopic (exact) mass is 251 g/mol. The standard InChI is InChI=1S/C12H17N3O3/c13-10-6-14-4-5-15(10)8-2-1-3-9-12(8)18-11(16)7-17-9/h1-3,10-11,14,16H,4-7,13H2. The van der Waals surface area contributed by atoms with Crippen molar-refractivity contribution in [2.24, 2.45) is 5.73 Å². The Morgan fingerprint density at radius 1 is 1.44 bits per heavy atom. The van der Waals surface area contributed by atoms with E-state index in [0.717, 1.165) is 25.3 Å². The number of ether oxygens (including phenoxy) is 2. The highest BCUT2D eigenvalue weighted by Crippen LogP contribution is 2.40. The van der Waals surface area contributed by atoms with E-state index in [-0.39, 0.29) is 12.8 Å². The molecule has 3 rings (SSSR count). The van der Waals surface area contributed by atoms with Gasteiger partial charge < -0.3 is 30.5 Å². The molecule has 4 N–H and O–H groups in total. The number of rotatable bonds is 1. The Hall–Kier alpha value is -1.50. The highest BCUT2D eigenvalue weighted by Gasteiger charge is 2.27. The summed E-state index contributed by atoms with van der Waals surface area (Å²) in [6.07, 6.45) is -1.02. The molecule has 0 amide bonds. The molecule has 0 aliphatic carbocycles. The molecule has 98 valence electrons. The molecule has 1 aromatic rings. The van der Waals surface area contributed by atoms with Gasteiger partial charge in [0, 0.05) is 19.6 Å². The Kier molecular flexibility index (Phi) is 2.99. The van der Waals surface area contributed by atoms with Crippen LogP contribution in [0.15, 0.2) is 18.2 Å². The van der Waals surface area contributed by atoms with Crippen molar-refractivity contribution in [3.63, 3.8) is 0 Å². The summed E-state index contributed by atoms with van der Waals surface area (Å²) in [6, 6.07) is 5.67. The lowest BCUT2D eigenvalue weighted by atomic mass is 10.2. The summed E-state index contributed by atoms with van der Waals surface area (Å²) in [4.78, 5) is 2.07. The normalized spacial score (nSPS) is 27.1. The number of nitrogens with one attached hydrogen (secondary N) is 1. The van der Waals surface area contributed by atoms with Gasteiger partial charge in [-0.3, -0.25) is 0 Å². The van der Waals surface area contributed by atoms with Crippen LogP contribution in [-0.4, -0.2) is 43.8 Å². The van der Waals surface area contributed by atoms with Crippen LogP contribution in [0.3, 0.4) is 0 Å². The number of fused-ring (bicyclic) bond motifs is 1. The summed E-state index contributed by atoms with van der Waals surface area (Å²) in [7, 11) is 0. The zero-order chi connectivity index (χ0) is 12.5. The first-order chi connectivity index (χ1) is 8.75. The molecular formula is C12H17N3O3. The first-order valence-electron chi connectivity index (χ1n) is 6.09. The van der Waals surface area contributed by atoms with Gasteiger partial charge in [-0.25, -0.2) is 0 Å². The summed E-state index contributed by atoms with van der Waals surface area (Å²) in [5.74, 6) is 1.23.